The van der Waals surface area contributed by atoms with Gasteiger partial charge in [0.2, 0.25) is 0 Å². The van der Waals surface area contributed by atoms with Gasteiger partial charge >= 0.3 is 11.1 Å². The summed E-state index contributed by atoms with van der Waals surface area (Å²) in [6.45, 7) is 0. The number of hydrogen-bond acceptors (Lipinski definition) is 4. The van der Waals surface area contributed by atoms with E-state index >= 15 is 0 Å². The molecule has 2 N–H and O–H groups in total. The number of aromatic nitrogens is 2. The predicted octanol–water partition coefficient (Wildman–Crippen LogP) is 1.02. The van der Waals surface area contributed by atoms with E-state index in [2.05, 4.69) is 25.9 Å². The minimum atomic E-state index is -0.910. The first kappa shape index (κ1) is 11.5. The zero-order chi connectivity index (χ0) is 12.6. The molecule has 0 bridgehead atoms. The maximum absolute atomic E-state index is 11.1. The molecule has 7 nitrogen and oxygen atoms in total. The van der Waals surface area contributed by atoms with Gasteiger partial charge in [0.25, 0.3) is 5.69 Å². The molecule has 0 saturated heterocycles. The minimum absolute atomic E-state index is 0.0179. The van der Waals surface area contributed by atoms with Crippen LogP contribution in [0.4, 0.5) is 5.69 Å². The maximum atomic E-state index is 11.1. The lowest BCUT2D eigenvalue weighted by molar-refractivity contribution is -0.383. The lowest BCUT2D eigenvalue weighted by atomic mass is 10.2. The summed E-state index contributed by atoms with van der Waals surface area (Å²) in [5, 5.41) is 11.3. The molecule has 0 unspecified atom stereocenters. The van der Waals surface area contributed by atoms with E-state index in [4.69, 9.17) is 0 Å². The van der Waals surface area contributed by atoms with Gasteiger partial charge in [-0.3, -0.25) is 19.7 Å². The SMILES string of the molecule is O=c1[nH]c2cc(CBr)cc([N+](=O)[O-])c2[nH]c1=O. The number of halogens is 1. The van der Waals surface area contributed by atoms with Crippen LogP contribution >= 0.6 is 15.9 Å². The highest BCUT2D eigenvalue weighted by Gasteiger charge is 2.15. The normalized spacial score (nSPS) is 10.6. The van der Waals surface area contributed by atoms with Crippen LogP contribution in [-0.4, -0.2) is 14.9 Å². The number of nitrogens with zero attached hydrogens (tertiary/aromatic N) is 1. The van der Waals surface area contributed by atoms with E-state index in [1.807, 2.05) is 0 Å². The quantitative estimate of drug-likeness (QED) is 0.373. The molecule has 0 spiro atoms. The van der Waals surface area contributed by atoms with Gasteiger partial charge in [-0.15, -0.1) is 0 Å². The van der Waals surface area contributed by atoms with Crippen molar-refractivity contribution in [2.45, 2.75) is 5.33 Å². The van der Waals surface area contributed by atoms with Crippen molar-refractivity contribution in [1.29, 1.82) is 0 Å². The Kier molecular flexibility index (Phi) is 2.80. The molecule has 1 aromatic heterocycles. The van der Waals surface area contributed by atoms with Crippen molar-refractivity contribution in [3.05, 3.63) is 48.5 Å². The van der Waals surface area contributed by atoms with E-state index in [-0.39, 0.29) is 16.7 Å². The van der Waals surface area contributed by atoms with Crippen LogP contribution in [0.5, 0.6) is 0 Å². The molecule has 0 aliphatic carbocycles. The van der Waals surface area contributed by atoms with E-state index in [9.17, 15) is 19.7 Å². The number of fused-ring (bicyclic) bond motifs is 1. The standard InChI is InChI=1S/C9H6BrN3O4/c10-3-4-1-5-7(6(2-4)13(16)17)12-9(15)8(14)11-5/h1-2H,3H2,(H,11,14)(H,12,15). The second-order valence-corrected chi connectivity index (χ2v) is 3.90. The highest BCUT2D eigenvalue weighted by molar-refractivity contribution is 9.08. The van der Waals surface area contributed by atoms with Gasteiger partial charge in [-0.2, -0.15) is 0 Å². The number of aromatic amines is 2. The van der Waals surface area contributed by atoms with E-state index in [1.54, 1.807) is 6.07 Å². The summed E-state index contributed by atoms with van der Waals surface area (Å²) in [4.78, 5) is 37.0. The average molecular weight is 300 g/mol. The molecule has 2 aromatic rings. The smallest absolute Gasteiger partial charge is 0.314 e. The lowest BCUT2D eigenvalue weighted by Gasteiger charge is -2.01. The van der Waals surface area contributed by atoms with Crippen molar-refractivity contribution in [2.75, 3.05) is 0 Å². The number of nitro groups is 1. The second-order valence-electron chi connectivity index (χ2n) is 3.34. The van der Waals surface area contributed by atoms with Crippen LogP contribution in [0.1, 0.15) is 5.56 Å². The summed E-state index contributed by atoms with van der Waals surface area (Å²) < 4.78 is 0. The van der Waals surface area contributed by atoms with Crippen molar-refractivity contribution in [2.24, 2.45) is 0 Å². The van der Waals surface area contributed by atoms with Gasteiger partial charge in [0.15, 0.2) is 0 Å². The first-order valence-electron chi connectivity index (χ1n) is 4.52. The fraction of sp³-hybridized carbons (Fsp3) is 0.111. The number of H-pyrrole nitrogens is 2. The van der Waals surface area contributed by atoms with Crippen LogP contribution in [-0.2, 0) is 5.33 Å². The third-order valence-electron chi connectivity index (χ3n) is 2.22. The fourth-order valence-corrected chi connectivity index (χ4v) is 1.81. The Balaban J connectivity index is 2.96. The third-order valence-corrected chi connectivity index (χ3v) is 2.87. The van der Waals surface area contributed by atoms with Crippen molar-refractivity contribution < 1.29 is 4.92 Å². The van der Waals surface area contributed by atoms with Crippen molar-refractivity contribution in [3.8, 4) is 0 Å². The van der Waals surface area contributed by atoms with Crippen molar-refractivity contribution in [3.63, 3.8) is 0 Å². The van der Waals surface area contributed by atoms with E-state index in [0.29, 0.717) is 10.9 Å². The molecule has 1 heterocycles. The predicted molar refractivity (Wildman–Crippen MR) is 64.5 cm³/mol. The van der Waals surface area contributed by atoms with E-state index < -0.39 is 16.0 Å². The third kappa shape index (κ3) is 1.98. The largest absolute Gasteiger partial charge is 0.316 e. The van der Waals surface area contributed by atoms with Gasteiger partial charge in [0.05, 0.1) is 10.4 Å². The fourth-order valence-electron chi connectivity index (χ4n) is 1.49. The number of nitro benzene ring substituents is 1. The summed E-state index contributed by atoms with van der Waals surface area (Å²) >= 11 is 3.17. The number of benzene rings is 1. The topological polar surface area (TPSA) is 109 Å². The molecule has 2 rings (SSSR count). The van der Waals surface area contributed by atoms with Gasteiger partial charge in [0, 0.05) is 11.4 Å². The Morgan fingerprint density at radius 1 is 1.24 bits per heavy atom. The highest BCUT2D eigenvalue weighted by Crippen LogP contribution is 2.24. The zero-order valence-electron chi connectivity index (χ0n) is 8.32. The molecule has 0 atom stereocenters. The van der Waals surface area contributed by atoms with Gasteiger partial charge < -0.3 is 9.97 Å². The average Bonchev–Trinajstić information content (AvgIpc) is 2.29. The summed E-state index contributed by atoms with van der Waals surface area (Å²) in [7, 11) is 0. The summed E-state index contributed by atoms with van der Waals surface area (Å²) in [5.41, 5.74) is -1.11. The van der Waals surface area contributed by atoms with Gasteiger partial charge in [-0.1, -0.05) is 15.9 Å². The molecule has 8 heteroatoms. The van der Waals surface area contributed by atoms with Crippen LogP contribution in [0.25, 0.3) is 11.0 Å². The van der Waals surface area contributed by atoms with Gasteiger partial charge in [-0.25, -0.2) is 0 Å². The Labute approximate surface area is 102 Å². The number of non-ortho nitro benzene ring substituents is 1. The monoisotopic (exact) mass is 299 g/mol. The molecule has 0 aliphatic heterocycles. The Hall–Kier alpha value is -1.96. The zero-order valence-corrected chi connectivity index (χ0v) is 9.91. The van der Waals surface area contributed by atoms with Crippen LogP contribution in [0.2, 0.25) is 0 Å². The summed E-state index contributed by atoms with van der Waals surface area (Å²) in [6, 6.07) is 2.90. The van der Waals surface area contributed by atoms with Crippen LogP contribution < -0.4 is 11.1 Å². The van der Waals surface area contributed by atoms with E-state index in [1.165, 1.54) is 6.07 Å². The first-order valence-corrected chi connectivity index (χ1v) is 5.64. The summed E-state index contributed by atoms with van der Waals surface area (Å²) in [5.74, 6) is 0. The number of hydrogen-bond donors (Lipinski definition) is 2. The van der Waals surface area contributed by atoms with Crippen molar-refractivity contribution in [1.82, 2.24) is 9.97 Å². The second kappa shape index (κ2) is 4.13. The molecular formula is C9H6BrN3O4. The molecule has 0 fully saturated rings. The molecular weight excluding hydrogens is 294 g/mol. The molecule has 0 radical (unpaired) electrons. The van der Waals surface area contributed by atoms with Gasteiger partial charge in [-0.05, 0) is 11.6 Å². The Morgan fingerprint density at radius 3 is 2.47 bits per heavy atom. The van der Waals surface area contributed by atoms with Crippen LogP contribution in [0.3, 0.4) is 0 Å². The number of alkyl halides is 1. The molecule has 1 aromatic carbocycles. The lowest BCUT2D eigenvalue weighted by Crippen LogP contribution is -2.29. The summed E-state index contributed by atoms with van der Waals surface area (Å²) in [6.07, 6.45) is 0. The van der Waals surface area contributed by atoms with Crippen LogP contribution in [0, 0.1) is 10.1 Å². The van der Waals surface area contributed by atoms with Gasteiger partial charge in [0.1, 0.15) is 5.52 Å². The molecule has 17 heavy (non-hydrogen) atoms. The molecule has 88 valence electrons. The Morgan fingerprint density at radius 2 is 1.88 bits per heavy atom. The Bertz CT molecular complexity index is 718. The molecule has 0 amide bonds. The van der Waals surface area contributed by atoms with Crippen LogP contribution in [0.15, 0.2) is 21.7 Å². The molecule has 0 saturated carbocycles. The maximum Gasteiger partial charge on any atom is 0.314 e. The molecule has 0 aliphatic rings. The highest BCUT2D eigenvalue weighted by atomic mass is 79.9. The van der Waals surface area contributed by atoms with E-state index in [0.717, 1.165) is 0 Å². The number of rotatable bonds is 2. The van der Waals surface area contributed by atoms with Crippen molar-refractivity contribution >= 4 is 32.7 Å². The first-order chi connectivity index (χ1) is 8.02. The minimum Gasteiger partial charge on any atom is -0.316 e. The number of nitrogens with one attached hydrogen (secondary N) is 2.